The van der Waals surface area contributed by atoms with E-state index in [-0.39, 0.29) is 0 Å². The van der Waals surface area contributed by atoms with Crippen LogP contribution in [0.5, 0.6) is 0 Å². The molecule has 0 spiro atoms. The van der Waals surface area contributed by atoms with Crippen LogP contribution in [0.25, 0.3) is 0 Å². The summed E-state index contributed by atoms with van der Waals surface area (Å²) >= 11 is 3.39. The normalized spacial score (nSPS) is 10.5. The third-order valence-electron chi connectivity index (χ3n) is 1.74. The van der Waals surface area contributed by atoms with Gasteiger partial charge in [0.1, 0.15) is 0 Å². The second-order valence-corrected chi connectivity index (χ2v) is 3.34. The zero-order valence-electron chi connectivity index (χ0n) is 6.97. The highest BCUT2D eigenvalue weighted by Crippen LogP contribution is 2.05. The van der Waals surface area contributed by atoms with Gasteiger partial charge in [0.15, 0.2) is 0 Å². The number of nitrogens with zero attached hydrogens (tertiary/aromatic N) is 2. The van der Waals surface area contributed by atoms with E-state index in [1.165, 1.54) is 11.4 Å². The average Bonchev–Trinajstić information content (AvgIpc) is 2.32. The molecule has 0 N–H and O–H groups in total. The van der Waals surface area contributed by atoms with E-state index < -0.39 is 0 Å². The van der Waals surface area contributed by atoms with E-state index in [1.54, 1.807) is 0 Å². The van der Waals surface area contributed by atoms with E-state index >= 15 is 0 Å². The van der Waals surface area contributed by atoms with Crippen LogP contribution in [0, 0.1) is 0 Å². The Labute approximate surface area is 75.7 Å². The second kappa shape index (κ2) is 3.90. The zero-order chi connectivity index (χ0) is 8.27. The first kappa shape index (κ1) is 8.78. The van der Waals surface area contributed by atoms with Crippen LogP contribution in [-0.4, -0.2) is 15.1 Å². The summed E-state index contributed by atoms with van der Waals surface area (Å²) in [6, 6.07) is 2.17. The third kappa shape index (κ3) is 2.06. The summed E-state index contributed by atoms with van der Waals surface area (Å²) < 4.78 is 1.96. The minimum Gasteiger partial charge on any atom is -0.272 e. The maximum Gasteiger partial charge on any atom is 0.0635 e. The Balaban J connectivity index is 2.77. The maximum atomic E-state index is 4.36. The summed E-state index contributed by atoms with van der Waals surface area (Å²) in [5.41, 5.74) is 2.49. The van der Waals surface area contributed by atoms with E-state index in [0.29, 0.717) is 0 Å². The Hall–Kier alpha value is -0.310. The third-order valence-corrected chi connectivity index (χ3v) is 2.14. The molecular weight excluding hydrogens is 204 g/mol. The molecule has 1 heterocycles. The predicted molar refractivity (Wildman–Crippen MR) is 50.1 cm³/mol. The van der Waals surface area contributed by atoms with Crippen LogP contribution in [0.4, 0.5) is 0 Å². The topological polar surface area (TPSA) is 17.8 Å². The van der Waals surface area contributed by atoms with Crippen molar-refractivity contribution in [1.82, 2.24) is 9.78 Å². The molecule has 0 saturated heterocycles. The molecule has 2 nitrogen and oxygen atoms in total. The van der Waals surface area contributed by atoms with Gasteiger partial charge in [-0.15, -0.1) is 0 Å². The molecule has 0 aliphatic rings. The molecule has 0 radical (unpaired) electrons. The first-order valence-electron chi connectivity index (χ1n) is 3.85. The van der Waals surface area contributed by atoms with Gasteiger partial charge in [0.2, 0.25) is 0 Å². The lowest BCUT2D eigenvalue weighted by Gasteiger charge is -1.93. The number of hydrogen-bond acceptors (Lipinski definition) is 1. The largest absolute Gasteiger partial charge is 0.272 e. The van der Waals surface area contributed by atoms with Gasteiger partial charge >= 0.3 is 0 Å². The van der Waals surface area contributed by atoms with Crippen molar-refractivity contribution in [3.63, 3.8) is 0 Å². The number of halogens is 1. The average molecular weight is 217 g/mol. The maximum absolute atomic E-state index is 4.36. The molecule has 0 atom stereocenters. The number of aryl methyl sites for hydroxylation is 3. The highest BCUT2D eigenvalue weighted by Gasteiger charge is 2.01. The molecule has 0 aliphatic heterocycles. The molecule has 0 fully saturated rings. The van der Waals surface area contributed by atoms with Crippen molar-refractivity contribution in [3.8, 4) is 0 Å². The van der Waals surface area contributed by atoms with Gasteiger partial charge in [0.05, 0.1) is 5.69 Å². The number of rotatable bonds is 3. The summed E-state index contributed by atoms with van der Waals surface area (Å²) in [5.74, 6) is 0. The Morgan fingerprint density at radius 3 is 2.82 bits per heavy atom. The molecule has 62 valence electrons. The highest BCUT2D eigenvalue weighted by atomic mass is 79.9. The summed E-state index contributed by atoms with van der Waals surface area (Å²) in [4.78, 5) is 0. The van der Waals surface area contributed by atoms with Crippen LogP contribution in [0.2, 0.25) is 0 Å². The summed E-state index contributed by atoms with van der Waals surface area (Å²) in [7, 11) is 2.00. The molecule has 0 unspecified atom stereocenters. The fraction of sp³-hybridized carbons (Fsp3) is 0.625. The van der Waals surface area contributed by atoms with Gasteiger partial charge in [0.25, 0.3) is 0 Å². The van der Waals surface area contributed by atoms with Gasteiger partial charge in [0, 0.05) is 24.5 Å². The van der Waals surface area contributed by atoms with Crippen LogP contribution in [0.3, 0.4) is 0 Å². The minimum absolute atomic E-state index is 0.993. The first-order chi connectivity index (χ1) is 5.27. The van der Waals surface area contributed by atoms with Gasteiger partial charge in [-0.05, 0) is 12.5 Å². The standard InChI is InChI=1S/C8H13BrN2/c1-3-8-6-7(4-5-9)10-11(8)2/h6H,3-5H2,1-2H3. The van der Waals surface area contributed by atoms with E-state index in [9.17, 15) is 0 Å². The van der Waals surface area contributed by atoms with Crippen molar-refractivity contribution in [2.45, 2.75) is 19.8 Å². The van der Waals surface area contributed by atoms with Crippen LogP contribution in [0.15, 0.2) is 6.07 Å². The SMILES string of the molecule is CCc1cc(CCBr)nn1C. The monoisotopic (exact) mass is 216 g/mol. The van der Waals surface area contributed by atoms with Crippen LogP contribution >= 0.6 is 15.9 Å². The second-order valence-electron chi connectivity index (χ2n) is 2.54. The van der Waals surface area contributed by atoms with E-state index in [4.69, 9.17) is 0 Å². The molecule has 0 aliphatic carbocycles. The number of alkyl halides is 1. The lowest BCUT2D eigenvalue weighted by atomic mass is 10.3. The van der Waals surface area contributed by atoms with E-state index in [0.717, 1.165) is 18.2 Å². The molecule has 11 heavy (non-hydrogen) atoms. The summed E-state index contributed by atoms with van der Waals surface area (Å²) in [6.45, 7) is 2.15. The summed E-state index contributed by atoms with van der Waals surface area (Å²) in [6.07, 6.45) is 2.08. The van der Waals surface area contributed by atoms with Crippen molar-refractivity contribution in [3.05, 3.63) is 17.5 Å². The van der Waals surface area contributed by atoms with Crippen LogP contribution < -0.4 is 0 Å². The molecule has 0 aromatic carbocycles. The smallest absolute Gasteiger partial charge is 0.0635 e. The van der Waals surface area contributed by atoms with Gasteiger partial charge in [-0.25, -0.2) is 0 Å². The fourth-order valence-electron chi connectivity index (χ4n) is 1.12. The van der Waals surface area contributed by atoms with Gasteiger partial charge in [-0.3, -0.25) is 4.68 Å². The zero-order valence-corrected chi connectivity index (χ0v) is 8.56. The van der Waals surface area contributed by atoms with Crippen LogP contribution in [0.1, 0.15) is 18.3 Å². The number of aromatic nitrogens is 2. The van der Waals surface area contributed by atoms with Crippen molar-refractivity contribution >= 4 is 15.9 Å². The molecule has 0 bridgehead atoms. The van der Waals surface area contributed by atoms with Crippen molar-refractivity contribution < 1.29 is 0 Å². The van der Waals surface area contributed by atoms with Crippen molar-refractivity contribution in [2.24, 2.45) is 7.05 Å². The Morgan fingerprint density at radius 1 is 1.64 bits per heavy atom. The Kier molecular flexibility index (Phi) is 3.12. The molecular formula is C8H13BrN2. The molecule has 3 heteroatoms. The molecule has 0 amide bonds. The minimum atomic E-state index is 0.993. The van der Waals surface area contributed by atoms with Crippen LogP contribution in [-0.2, 0) is 19.9 Å². The van der Waals surface area contributed by atoms with Crippen molar-refractivity contribution in [2.75, 3.05) is 5.33 Å². The van der Waals surface area contributed by atoms with E-state index in [1.807, 2.05) is 11.7 Å². The lowest BCUT2D eigenvalue weighted by Crippen LogP contribution is -1.96. The van der Waals surface area contributed by atoms with Crippen molar-refractivity contribution in [1.29, 1.82) is 0 Å². The Bertz CT molecular complexity index is 230. The van der Waals surface area contributed by atoms with Gasteiger partial charge < -0.3 is 0 Å². The van der Waals surface area contributed by atoms with E-state index in [2.05, 4.69) is 34.0 Å². The molecule has 1 rings (SSSR count). The molecule has 1 aromatic rings. The number of hydrogen-bond donors (Lipinski definition) is 0. The molecule has 1 aromatic heterocycles. The first-order valence-corrected chi connectivity index (χ1v) is 4.97. The van der Waals surface area contributed by atoms with Gasteiger partial charge in [-0.2, -0.15) is 5.10 Å². The lowest BCUT2D eigenvalue weighted by molar-refractivity contribution is 0.705. The fourth-order valence-corrected chi connectivity index (χ4v) is 1.53. The highest BCUT2D eigenvalue weighted by molar-refractivity contribution is 9.09. The van der Waals surface area contributed by atoms with Gasteiger partial charge in [-0.1, -0.05) is 22.9 Å². The quantitative estimate of drug-likeness (QED) is 0.707. The molecule has 0 saturated carbocycles. The predicted octanol–water partition coefficient (Wildman–Crippen LogP) is 1.92. The Morgan fingerprint density at radius 2 is 2.36 bits per heavy atom. The summed E-state index contributed by atoms with van der Waals surface area (Å²) in [5, 5.41) is 5.35.